The van der Waals surface area contributed by atoms with Crippen LogP contribution in [0.25, 0.3) is 10.8 Å². The van der Waals surface area contributed by atoms with E-state index in [1.54, 1.807) is 0 Å². The molecule has 1 heterocycles. The molecular weight excluding hydrogens is 526 g/mol. The van der Waals surface area contributed by atoms with E-state index in [0.29, 0.717) is 23.7 Å². The van der Waals surface area contributed by atoms with Crippen molar-refractivity contribution in [3.8, 4) is 11.5 Å². The monoisotopic (exact) mass is 557 g/mol. The van der Waals surface area contributed by atoms with Gasteiger partial charge in [0.2, 0.25) is 6.10 Å². The van der Waals surface area contributed by atoms with E-state index < -0.39 is 24.0 Å². The second-order valence-corrected chi connectivity index (χ2v) is 10.6. The Morgan fingerprint density at radius 1 is 0.857 bits per heavy atom. The van der Waals surface area contributed by atoms with Gasteiger partial charge in [0.25, 0.3) is 5.91 Å². The fourth-order valence-corrected chi connectivity index (χ4v) is 5.55. The predicted molar refractivity (Wildman–Crippen MR) is 161 cm³/mol. The van der Waals surface area contributed by atoms with Crippen LogP contribution in [0.3, 0.4) is 0 Å². The molecule has 5 aromatic rings. The van der Waals surface area contributed by atoms with Crippen molar-refractivity contribution in [2.45, 2.75) is 38.6 Å². The van der Waals surface area contributed by atoms with Crippen molar-refractivity contribution in [2.24, 2.45) is 0 Å². The number of carboxylic acid groups (broad SMARTS) is 1. The molecule has 0 saturated carbocycles. The number of amides is 1. The minimum absolute atomic E-state index is 0.136. The third kappa shape index (κ3) is 5.56. The topological polar surface area (TPSA) is 76.1 Å². The number of hydrogen-bond acceptors (Lipinski definition) is 4. The number of fused-ring (bicyclic) bond motifs is 2. The summed E-state index contributed by atoms with van der Waals surface area (Å²) in [4.78, 5) is 28.3. The highest BCUT2D eigenvalue weighted by Gasteiger charge is 2.40. The molecule has 42 heavy (non-hydrogen) atoms. The Labute approximate surface area is 244 Å². The van der Waals surface area contributed by atoms with E-state index in [4.69, 9.17) is 9.47 Å². The molecule has 6 nitrogen and oxygen atoms in total. The van der Waals surface area contributed by atoms with Gasteiger partial charge in [0.1, 0.15) is 24.1 Å². The maximum atomic E-state index is 14.3. The van der Waals surface area contributed by atoms with E-state index in [1.807, 2.05) is 122 Å². The third-order valence-corrected chi connectivity index (χ3v) is 7.76. The fraction of sp³-hybridized carbons (Fsp3) is 0.167. The third-order valence-electron chi connectivity index (χ3n) is 7.76. The Morgan fingerprint density at radius 2 is 1.55 bits per heavy atom. The number of nitrogens with zero attached hydrogens (tertiary/aromatic N) is 1. The summed E-state index contributed by atoms with van der Waals surface area (Å²) in [6, 6.07) is 35.5. The van der Waals surface area contributed by atoms with Gasteiger partial charge >= 0.3 is 5.97 Å². The molecule has 0 aliphatic carbocycles. The van der Waals surface area contributed by atoms with E-state index in [0.717, 1.165) is 33.0 Å². The van der Waals surface area contributed by atoms with Crippen molar-refractivity contribution in [2.75, 3.05) is 0 Å². The van der Waals surface area contributed by atoms with Crippen LogP contribution in [0.4, 0.5) is 0 Å². The second kappa shape index (κ2) is 11.8. The van der Waals surface area contributed by atoms with E-state index >= 15 is 0 Å². The van der Waals surface area contributed by atoms with Gasteiger partial charge in [0, 0.05) is 24.1 Å². The van der Waals surface area contributed by atoms with Crippen LogP contribution in [0, 0.1) is 6.92 Å². The maximum Gasteiger partial charge on any atom is 0.326 e. The standard InChI is InChI=1S/C36H31NO5/c1-24-16-17-29-22-37(32(36(39)40)21-31(29)33(24)41-23-25-10-4-2-5-11-25)35(38)34(27-13-6-3-7-14-27)42-30-19-18-26-12-8-9-15-28(26)20-30/h2-20,32,34H,21-23H2,1H3,(H,39,40)/t32-,34-/m1/s1. The molecule has 1 amide bonds. The summed E-state index contributed by atoms with van der Waals surface area (Å²) in [6.45, 7) is 2.46. The van der Waals surface area contributed by atoms with Crippen LogP contribution in [-0.2, 0) is 29.2 Å². The first kappa shape index (κ1) is 27.1. The number of carbonyl (C=O) groups is 2. The zero-order valence-electron chi connectivity index (χ0n) is 23.3. The van der Waals surface area contributed by atoms with Crippen molar-refractivity contribution in [1.29, 1.82) is 0 Å². The zero-order chi connectivity index (χ0) is 29.1. The van der Waals surface area contributed by atoms with Crippen LogP contribution in [-0.4, -0.2) is 27.9 Å². The van der Waals surface area contributed by atoms with Gasteiger partial charge in [-0.1, -0.05) is 103 Å². The highest BCUT2D eigenvalue weighted by molar-refractivity contribution is 5.89. The molecule has 1 aliphatic heterocycles. The second-order valence-electron chi connectivity index (χ2n) is 10.6. The first-order valence-corrected chi connectivity index (χ1v) is 14.0. The molecule has 0 spiro atoms. The number of carbonyl (C=O) groups excluding carboxylic acids is 1. The predicted octanol–water partition coefficient (Wildman–Crippen LogP) is 6.89. The Morgan fingerprint density at radius 3 is 2.29 bits per heavy atom. The lowest BCUT2D eigenvalue weighted by atomic mass is 9.90. The number of aryl methyl sites for hydroxylation is 1. The lowest BCUT2D eigenvalue weighted by molar-refractivity contribution is -0.155. The fourth-order valence-electron chi connectivity index (χ4n) is 5.55. The molecule has 6 heteroatoms. The van der Waals surface area contributed by atoms with Crippen LogP contribution in [0.15, 0.2) is 115 Å². The van der Waals surface area contributed by atoms with Crippen LogP contribution in [0.5, 0.6) is 11.5 Å². The highest BCUT2D eigenvalue weighted by Crippen LogP contribution is 2.36. The van der Waals surface area contributed by atoms with Crippen molar-refractivity contribution < 1.29 is 24.2 Å². The van der Waals surface area contributed by atoms with E-state index in [1.165, 1.54) is 4.90 Å². The normalized spacial score (nSPS) is 15.1. The van der Waals surface area contributed by atoms with Crippen molar-refractivity contribution >= 4 is 22.6 Å². The SMILES string of the molecule is Cc1ccc2c(c1OCc1ccccc1)C[C@H](C(=O)O)N(C(=O)[C@H](Oc1ccc3ccccc3c1)c1ccccc1)C2. The van der Waals surface area contributed by atoms with Crippen molar-refractivity contribution in [3.63, 3.8) is 0 Å². The van der Waals surface area contributed by atoms with Gasteiger partial charge in [-0.15, -0.1) is 0 Å². The van der Waals surface area contributed by atoms with E-state index in [9.17, 15) is 14.7 Å². The minimum Gasteiger partial charge on any atom is -0.488 e. The average Bonchev–Trinajstić information content (AvgIpc) is 3.03. The Kier molecular flexibility index (Phi) is 7.60. The minimum atomic E-state index is -1.07. The zero-order valence-corrected chi connectivity index (χ0v) is 23.3. The number of rotatable bonds is 8. The van der Waals surface area contributed by atoms with Gasteiger partial charge < -0.3 is 19.5 Å². The summed E-state index contributed by atoms with van der Waals surface area (Å²) in [7, 11) is 0. The van der Waals surface area contributed by atoms with Crippen molar-refractivity contribution in [3.05, 3.63) is 143 Å². The van der Waals surface area contributed by atoms with E-state index in [2.05, 4.69) is 0 Å². The lowest BCUT2D eigenvalue weighted by Crippen LogP contribution is -2.51. The molecule has 2 atom stereocenters. The van der Waals surface area contributed by atoms with Crippen LogP contribution < -0.4 is 9.47 Å². The quantitative estimate of drug-likeness (QED) is 0.225. The number of hydrogen-bond donors (Lipinski definition) is 1. The number of ether oxygens (including phenoxy) is 2. The molecule has 6 rings (SSSR count). The maximum absolute atomic E-state index is 14.3. The summed E-state index contributed by atoms with van der Waals surface area (Å²) in [5.41, 5.74) is 4.30. The first-order chi connectivity index (χ1) is 20.5. The molecule has 1 aliphatic rings. The van der Waals surface area contributed by atoms with Gasteiger partial charge in [-0.05, 0) is 46.5 Å². The van der Waals surface area contributed by atoms with Crippen LogP contribution >= 0.6 is 0 Å². The Hall–Kier alpha value is -5.10. The summed E-state index contributed by atoms with van der Waals surface area (Å²) in [5, 5.41) is 12.4. The highest BCUT2D eigenvalue weighted by atomic mass is 16.5. The van der Waals surface area contributed by atoms with Crippen LogP contribution in [0.2, 0.25) is 0 Å². The molecule has 0 saturated heterocycles. The number of carboxylic acids is 1. The molecule has 1 N–H and O–H groups in total. The average molecular weight is 558 g/mol. The number of aliphatic carboxylic acids is 1. The molecule has 210 valence electrons. The van der Waals surface area contributed by atoms with Gasteiger partial charge in [0.05, 0.1) is 0 Å². The summed E-state index contributed by atoms with van der Waals surface area (Å²) >= 11 is 0. The van der Waals surface area contributed by atoms with Gasteiger partial charge in [-0.2, -0.15) is 0 Å². The molecule has 0 unspecified atom stereocenters. The van der Waals surface area contributed by atoms with E-state index in [-0.39, 0.29) is 13.0 Å². The largest absolute Gasteiger partial charge is 0.488 e. The van der Waals surface area contributed by atoms with Crippen molar-refractivity contribution in [1.82, 2.24) is 4.90 Å². The molecular formula is C36H31NO5. The van der Waals surface area contributed by atoms with Crippen LogP contribution in [0.1, 0.15) is 33.9 Å². The Balaban J connectivity index is 1.33. The number of benzene rings is 5. The summed E-state index contributed by atoms with van der Waals surface area (Å²) in [5.74, 6) is -0.254. The first-order valence-electron chi connectivity index (χ1n) is 14.0. The summed E-state index contributed by atoms with van der Waals surface area (Å²) in [6.07, 6.45) is -0.880. The van der Waals surface area contributed by atoms with Gasteiger partial charge in [-0.3, -0.25) is 4.79 Å². The Bertz CT molecular complexity index is 1730. The summed E-state index contributed by atoms with van der Waals surface area (Å²) < 4.78 is 12.6. The molecule has 0 fully saturated rings. The smallest absolute Gasteiger partial charge is 0.326 e. The molecule has 0 bridgehead atoms. The molecule has 5 aromatic carbocycles. The lowest BCUT2D eigenvalue weighted by Gasteiger charge is -2.37. The van der Waals surface area contributed by atoms with Gasteiger partial charge in [-0.25, -0.2) is 4.79 Å². The molecule has 0 radical (unpaired) electrons. The molecule has 0 aromatic heterocycles. The van der Waals surface area contributed by atoms with Gasteiger partial charge in [0.15, 0.2) is 0 Å².